The summed E-state index contributed by atoms with van der Waals surface area (Å²) in [7, 11) is 0. The van der Waals surface area contributed by atoms with E-state index < -0.39 is 5.97 Å². The first-order valence-corrected chi connectivity index (χ1v) is 6.18. The molecule has 0 atom stereocenters. The molecule has 0 saturated heterocycles. The maximum absolute atomic E-state index is 11.6. The lowest BCUT2D eigenvalue weighted by atomic mass is 10.1. The maximum atomic E-state index is 11.6. The first-order valence-electron chi connectivity index (χ1n) is 5.80. The predicted molar refractivity (Wildman–Crippen MR) is 74.3 cm³/mol. The number of carbonyl (C=O) groups is 2. The number of terminal acetylenes is 1. The van der Waals surface area contributed by atoms with Gasteiger partial charge in [0, 0.05) is 18.5 Å². The largest absolute Gasteiger partial charge is 0.478 e. The molecule has 0 radical (unpaired) electrons. The monoisotopic (exact) mass is 279 g/mol. The molecule has 0 fully saturated rings. The molecule has 4 nitrogen and oxygen atoms in total. The normalized spacial score (nSPS) is 9.68. The van der Waals surface area contributed by atoms with Crippen LogP contribution in [0.25, 0.3) is 0 Å². The van der Waals surface area contributed by atoms with Gasteiger partial charge in [-0.2, -0.15) is 0 Å². The average molecular weight is 280 g/mol. The molecular weight excluding hydrogens is 266 g/mol. The van der Waals surface area contributed by atoms with E-state index in [4.69, 9.17) is 23.1 Å². The number of carboxylic acids is 1. The molecule has 0 bridgehead atoms. The molecule has 19 heavy (non-hydrogen) atoms. The maximum Gasteiger partial charge on any atom is 0.337 e. The van der Waals surface area contributed by atoms with E-state index in [1.54, 1.807) is 6.07 Å². The number of anilines is 1. The molecule has 1 aromatic rings. The number of hydrogen-bond donors (Lipinski definition) is 2. The van der Waals surface area contributed by atoms with Crippen molar-refractivity contribution < 1.29 is 14.7 Å². The van der Waals surface area contributed by atoms with Crippen molar-refractivity contribution in [2.24, 2.45) is 0 Å². The van der Waals surface area contributed by atoms with Gasteiger partial charge in [0.2, 0.25) is 5.91 Å². The summed E-state index contributed by atoms with van der Waals surface area (Å²) in [6.07, 6.45) is 7.61. The predicted octanol–water partition coefficient (Wildman–Crippen LogP) is 3.17. The van der Waals surface area contributed by atoms with Crippen LogP contribution in [0.5, 0.6) is 0 Å². The second-order valence-corrected chi connectivity index (χ2v) is 4.37. The Morgan fingerprint density at radius 3 is 2.74 bits per heavy atom. The van der Waals surface area contributed by atoms with Gasteiger partial charge in [-0.1, -0.05) is 11.6 Å². The number of nitrogens with one attached hydrogen (secondary N) is 1. The van der Waals surface area contributed by atoms with Crippen LogP contribution >= 0.6 is 11.6 Å². The second-order valence-electron chi connectivity index (χ2n) is 3.96. The lowest BCUT2D eigenvalue weighted by molar-refractivity contribution is -0.116. The number of benzene rings is 1. The molecule has 1 rings (SSSR count). The number of amides is 1. The Bertz CT molecular complexity index is 520. The Hall–Kier alpha value is -1.99. The zero-order chi connectivity index (χ0) is 14.3. The molecule has 0 aliphatic carbocycles. The summed E-state index contributed by atoms with van der Waals surface area (Å²) < 4.78 is 0. The Kier molecular flexibility index (Phi) is 5.91. The quantitative estimate of drug-likeness (QED) is 0.621. The van der Waals surface area contributed by atoms with Crippen LogP contribution in [0.3, 0.4) is 0 Å². The van der Waals surface area contributed by atoms with Crippen molar-refractivity contribution in [3.8, 4) is 12.3 Å². The van der Waals surface area contributed by atoms with E-state index in [0.29, 0.717) is 24.9 Å². The molecule has 0 saturated carbocycles. The van der Waals surface area contributed by atoms with Crippen molar-refractivity contribution in [3.05, 3.63) is 28.8 Å². The summed E-state index contributed by atoms with van der Waals surface area (Å²) in [6.45, 7) is 0. The van der Waals surface area contributed by atoms with Gasteiger partial charge >= 0.3 is 5.97 Å². The number of halogens is 1. The smallest absolute Gasteiger partial charge is 0.337 e. The van der Waals surface area contributed by atoms with E-state index in [2.05, 4.69) is 11.2 Å². The fourth-order valence-electron chi connectivity index (χ4n) is 1.50. The molecule has 1 aromatic carbocycles. The summed E-state index contributed by atoms with van der Waals surface area (Å²) in [5, 5.41) is 11.7. The van der Waals surface area contributed by atoms with Crippen molar-refractivity contribution >= 4 is 29.2 Å². The molecule has 0 aromatic heterocycles. The minimum absolute atomic E-state index is 0.0354. The van der Waals surface area contributed by atoms with E-state index in [-0.39, 0.29) is 16.5 Å². The van der Waals surface area contributed by atoms with Gasteiger partial charge in [-0.05, 0) is 31.0 Å². The molecule has 0 aliphatic heterocycles. The Balaban J connectivity index is 2.58. The van der Waals surface area contributed by atoms with Crippen molar-refractivity contribution in [3.63, 3.8) is 0 Å². The number of carboxylic acid groups (broad SMARTS) is 1. The fourth-order valence-corrected chi connectivity index (χ4v) is 1.70. The van der Waals surface area contributed by atoms with Crippen molar-refractivity contribution in [1.82, 2.24) is 0 Å². The summed E-state index contributed by atoms with van der Waals surface area (Å²) >= 11 is 5.73. The van der Waals surface area contributed by atoms with E-state index in [9.17, 15) is 9.59 Å². The van der Waals surface area contributed by atoms with E-state index in [0.717, 1.165) is 6.42 Å². The Morgan fingerprint density at radius 1 is 1.37 bits per heavy atom. The van der Waals surface area contributed by atoms with Crippen LogP contribution in [-0.2, 0) is 4.79 Å². The van der Waals surface area contributed by atoms with Crippen LogP contribution in [0.2, 0.25) is 5.02 Å². The number of hydrogen-bond acceptors (Lipinski definition) is 2. The first kappa shape index (κ1) is 15.1. The van der Waals surface area contributed by atoms with Crippen molar-refractivity contribution in [2.75, 3.05) is 5.32 Å². The standard InChI is InChI=1S/C14H14ClNO3/c1-2-3-4-5-6-13(17)16-10-7-8-12(15)11(9-10)14(18)19/h1,7-9H,3-6H2,(H,16,17)(H,18,19). The highest BCUT2D eigenvalue weighted by molar-refractivity contribution is 6.33. The van der Waals surface area contributed by atoms with Crippen LogP contribution in [0.4, 0.5) is 5.69 Å². The molecule has 0 heterocycles. The highest BCUT2D eigenvalue weighted by Gasteiger charge is 2.10. The zero-order valence-corrected chi connectivity index (χ0v) is 11.0. The highest BCUT2D eigenvalue weighted by Crippen LogP contribution is 2.20. The summed E-state index contributed by atoms with van der Waals surface area (Å²) in [5.41, 5.74) is 0.385. The van der Waals surface area contributed by atoms with Crippen LogP contribution in [0.1, 0.15) is 36.0 Å². The molecule has 100 valence electrons. The minimum Gasteiger partial charge on any atom is -0.478 e. The lowest BCUT2D eigenvalue weighted by Crippen LogP contribution is -2.11. The number of unbranched alkanes of at least 4 members (excludes halogenated alkanes) is 2. The summed E-state index contributed by atoms with van der Waals surface area (Å²) in [4.78, 5) is 22.5. The van der Waals surface area contributed by atoms with Gasteiger partial charge in [-0.25, -0.2) is 4.79 Å². The molecule has 1 amide bonds. The molecule has 0 spiro atoms. The van der Waals surface area contributed by atoms with Crippen LogP contribution in [-0.4, -0.2) is 17.0 Å². The van der Waals surface area contributed by atoms with Crippen molar-refractivity contribution in [1.29, 1.82) is 0 Å². The minimum atomic E-state index is -1.13. The summed E-state index contributed by atoms with van der Waals surface area (Å²) in [5.74, 6) is 1.21. The molecular formula is C14H14ClNO3. The van der Waals surface area contributed by atoms with Gasteiger partial charge in [0.15, 0.2) is 0 Å². The number of carbonyl (C=O) groups excluding carboxylic acids is 1. The van der Waals surface area contributed by atoms with Crippen LogP contribution in [0.15, 0.2) is 18.2 Å². The highest BCUT2D eigenvalue weighted by atomic mass is 35.5. The van der Waals surface area contributed by atoms with E-state index in [1.165, 1.54) is 12.1 Å². The van der Waals surface area contributed by atoms with Gasteiger partial charge in [-0.3, -0.25) is 4.79 Å². The third kappa shape index (κ3) is 5.02. The van der Waals surface area contributed by atoms with Gasteiger partial charge in [0.1, 0.15) is 0 Å². The zero-order valence-electron chi connectivity index (χ0n) is 10.3. The van der Waals surface area contributed by atoms with E-state index in [1.807, 2.05) is 0 Å². The molecule has 2 N–H and O–H groups in total. The van der Waals surface area contributed by atoms with Gasteiger partial charge < -0.3 is 10.4 Å². The first-order chi connectivity index (χ1) is 9.04. The fraction of sp³-hybridized carbons (Fsp3) is 0.286. The Morgan fingerprint density at radius 2 is 2.11 bits per heavy atom. The average Bonchev–Trinajstić information content (AvgIpc) is 2.36. The second kappa shape index (κ2) is 7.45. The third-order valence-electron chi connectivity index (χ3n) is 2.46. The van der Waals surface area contributed by atoms with Crippen LogP contribution < -0.4 is 5.32 Å². The SMILES string of the molecule is C#CCCCCC(=O)Nc1ccc(Cl)c(C(=O)O)c1. The number of rotatable bonds is 6. The van der Waals surface area contributed by atoms with Crippen LogP contribution in [0, 0.1) is 12.3 Å². The molecule has 5 heteroatoms. The lowest BCUT2D eigenvalue weighted by Gasteiger charge is -2.06. The molecule has 0 unspecified atom stereocenters. The topological polar surface area (TPSA) is 66.4 Å². The number of aromatic carboxylic acids is 1. The van der Waals surface area contributed by atoms with Gasteiger partial charge in [0.05, 0.1) is 10.6 Å². The Labute approximate surface area is 116 Å². The van der Waals surface area contributed by atoms with Crippen molar-refractivity contribution in [2.45, 2.75) is 25.7 Å². The van der Waals surface area contributed by atoms with E-state index >= 15 is 0 Å². The van der Waals surface area contributed by atoms with Gasteiger partial charge in [-0.15, -0.1) is 12.3 Å². The third-order valence-corrected chi connectivity index (χ3v) is 2.79. The summed E-state index contributed by atoms with van der Waals surface area (Å²) in [6, 6.07) is 4.34. The molecule has 0 aliphatic rings. The van der Waals surface area contributed by atoms with Gasteiger partial charge in [0.25, 0.3) is 0 Å².